The molecule has 0 fully saturated rings. The van der Waals surface area contributed by atoms with Crippen LogP contribution in [-0.2, 0) is 17.8 Å². The molecule has 32 heavy (non-hydrogen) atoms. The number of fused-ring (bicyclic) bond motifs is 1. The maximum Gasteiger partial charge on any atom is 0.422 e. The Morgan fingerprint density at radius 2 is 2.12 bits per heavy atom. The summed E-state index contributed by atoms with van der Waals surface area (Å²) in [4.78, 5) is 30.7. The molecule has 1 atom stereocenters. The molecule has 3 heterocycles. The second-order valence-electron chi connectivity index (χ2n) is 7.30. The van der Waals surface area contributed by atoms with Crippen LogP contribution in [0.3, 0.4) is 0 Å². The van der Waals surface area contributed by atoms with Crippen LogP contribution >= 0.6 is 0 Å². The first-order valence-corrected chi connectivity index (χ1v) is 9.79. The number of alkyl halides is 3. The van der Waals surface area contributed by atoms with Crippen LogP contribution in [0.1, 0.15) is 45.8 Å². The third-order valence-corrected chi connectivity index (χ3v) is 4.95. The third kappa shape index (κ3) is 5.31. The molecular weight excluding hydrogens is 431 g/mol. The van der Waals surface area contributed by atoms with Crippen LogP contribution in [0, 0.1) is 6.92 Å². The number of hydrogen-bond donors (Lipinski definition) is 2. The minimum atomic E-state index is -4.49. The van der Waals surface area contributed by atoms with Gasteiger partial charge in [-0.25, -0.2) is 0 Å². The van der Waals surface area contributed by atoms with Gasteiger partial charge in [0.15, 0.2) is 6.61 Å². The molecule has 1 aliphatic rings. The van der Waals surface area contributed by atoms with E-state index in [0.29, 0.717) is 28.1 Å². The van der Waals surface area contributed by atoms with E-state index >= 15 is 0 Å². The molecule has 0 saturated carbocycles. The highest BCUT2D eigenvalue weighted by molar-refractivity contribution is 5.99. The highest BCUT2D eigenvalue weighted by atomic mass is 19.4. The van der Waals surface area contributed by atoms with Crippen molar-refractivity contribution in [3.63, 3.8) is 0 Å². The van der Waals surface area contributed by atoms with E-state index < -0.39 is 18.8 Å². The summed E-state index contributed by atoms with van der Waals surface area (Å²) in [5, 5.41) is 19.1. The lowest BCUT2D eigenvalue weighted by atomic mass is 10.1. The Morgan fingerprint density at radius 3 is 2.78 bits per heavy atom. The maximum absolute atomic E-state index is 13.0. The summed E-state index contributed by atoms with van der Waals surface area (Å²) in [5.41, 5.74) is 2.25. The quantitative estimate of drug-likeness (QED) is 0.622. The number of aryl methyl sites for hydroxylation is 1. The minimum Gasteiger partial charge on any atom is -0.467 e. The summed E-state index contributed by atoms with van der Waals surface area (Å²) in [6.45, 7) is 1.93. The third-order valence-electron chi connectivity index (χ3n) is 4.95. The number of rotatable bonds is 8. The molecule has 0 radical (unpaired) electrons. The van der Waals surface area contributed by atoms with Crippen molar-refractivity contribution in [3.05, 3.63) is 46.4 Å². The fourth-order valence-corrected chi connectivity index (χ4v) is 3.34. The van der Waals surface area contributed by atoms with Crippen LogP contribution in [0.5, 0.6) is 5.88 Å². The number of carbonyl (C=O) groups is 2. The summed E-state index contributed by atoms with van der Waals surface area (Å²) in [7, 11) is 0. The molecule has 0 aromatic carbocycles. The summed E-state index contributed by atoms with van der Waals surface area (Å²) >= 11 is 0. The number of carbonyl (C=O) groups excluding carboxylic acids is 2. The molecule has 0 aliphatic carbocycles. The van der Waals surface area contributed by atoms with Gasteiger partial charge in [-0.2, -0.15) is 13.2 Å². The number of hydrogen-bond acceptors (Lipinski definition) is 7. The fraction of sp³-hybridized carbons (Fsp3) is 0.450. The molecule has 2 N–H and O–H groups in total. The lowest BCUT2D eigenvalue weighted by Crippen LogP contribution is -2.29. The number of nitrogens with one attached hydrogen (secondary N) is 1. The van der Waals surface area contributed by atoms with E-state index in [1.54, 1.807) is 19.9 Å². The second-order valence-corrected chi connectivity index (χ2v) is 7.30. The average Bonchev–Trinajstić information content (AvgIpc) is 3.08. The Hall–Kier alpha value is -3.28. The van der Waals surface area contributed by atoms with Crippen molar-refractivity contribution in [1.29, 1.82) is 0 Å². The zero-order valence-corrected chi connectivity index (χ0v) is 17.4. The molecule has 9 nitrogen and oxygen atoms in total. The highest BCUT2D eigenvalue weighted by Crippen LogP contribution is 2.32. The molecule has 2 aromatic heterocycles. The van der Waals surface area contributed by atoms with Gasteiger partial charge < -0.3 is 20.1 Å². The monoisotopic (exact) mass is 453 g/mol. The molecular formula is C20H22F3N5O4. The molecule has 1 unspecified atom stereocenters. The number of ether oxygens (including phenoxy) is 1. The lowest BCUT2D eigenvalue weighted by Gasteiger charge is -2.24. The van der Waals surface area contributed by atoms with Gasteiger partial charge in [0.25, 0.3) is 5.91 Å². The Labute approximate surface area is 181 Å². The van der Waals surface area contributed by atoms with Gasteiger partial charge in [0, 0.05) is 36.0 Å². The fourth-order valence-electron chi connectivity index (χ4n) is 3.34. The molecule has 2 aromatic rings. The van der Waals surface area contributed by atoms with Crippen molar-refractivity contribution < 1.29 is 32.6 Å². The van der Waals surface area contributed by atoms with Gasteiger partial charge in [0.1, 0.15) is 0 Å². The second kappa shape index (κ2) is 9.47. The van der Waals surface area contributed by atoms with Crippen LogP contribution in [-0.4, -0.2) is 62.9 Å². The zero-order chi connectivity index (χ0) is 23.5. The first kappa shape index (κ1) is 23.4. The topological polar surface area (TPSA) is 118 Å². The van der Waals surface area contributed by atoms with Crippen molar-refractivity contribution >= 4 is 11.8 Å². The van der Waals surface area contributed by atoms with Gasteiger partial charge in [-0.15, -0.1) is 10.2 Å². The van der Waals surface area contributed by atoms with E-state index in [1.807, 2.05) is 0 Å². The molecule has 0 spiro atoms. The van der Waals surface area contributed by atoms with E-state index in [9.17, 15) is 22.8 Å². The standard InChI is InChI=1S/C20H22F3N5O4/c1-11-7-15(26-27-18(11)32-10-20(21,22)23)12(2)28-9-14-13(19(28)31)3-4-24-16(14)8-17(30)25-5-6-29/h3-4,7,12,29H,5-6,8-10H2,1-2H3,(H,25,30). The average molecular weight is 453 g/mol. The van der Waals surface area contributed by atoms with Crippen LogP contribution in [0.4, 0.5) is 13.2 Å². The maximum atomic E-state index is 13.0. The molecule has 2 amide bonds. The molecule has 12 heteroatoms. The lowest BCUT2D eigenvalue weighted by molar-refractivity contribution is -0.154. The summed E-state index contributed by atoms with van der Waals surface area (Å²) < 4.78 is 41.8. The molecule has 0 saturated heterocycles. The van der Waals surface area contributed by atoms with Crippen LogP contribution in [0.25, 0.3) is 0 Å². The predicted molar refractivity (Wildman–Crippen MR) is 105 cm³/mol. The highest BCUT2D eigenvalue weighted by Gasteiger charge is 2.35. The van der Waals surface area contributed by atoms with Gasteiger partial charge >= 0.3 is 6.18 Å². The summed E-state index contributed by atoms with van der Waals surface area (Å²) in [5.74, 6) is -0.826. The van der Waals surface area contributed by atoms with Crippen molar-refractivity contribution in [2.24, 2.45) is 0 Å². The van der Waals surface area contributed by atoms with E-state index in [0.717, 1.165) is 0 Å². The van der Waals surface area contributed by atoms with Crippen molar-refractivity contribution in [1.82, 2.24) is 25.4 Å². The zero-order valence-electron chi connectivity index (χ0n) is 17.4. The first-order chi connectivity index (χ1) is 15.1. The molecule has 0 bridgehead atoms. The number of pyridine rings is 1. The van der Waals surface area contributed by atoms with Crippen LogP contribution in [0.2, 0.25) is 0 Å². The van der Waals surface area contributed by atoms with Gasteiger partial charge in [-0.3, -0.25) is 14.6 Å². The van der Waals surface area contributed by atoms with Crippen molar-refractivity contribution in [3.8, 4) is 5.88 Å². The van der Waals surface area contributed by atoms with Gasteiger partial charge in [0.2, 0.25) is 11.8 Å². The number of aromatic nitrogens is 3. The summed E-state index contributed by atoms with van der Waals surface area (Å²) in [6.07, 6.45) is -3.08. The Morgan fingerprint density at radius 1 is 1.38 bits per heavy atom. The van der Waals surface area contributed by atoms with Crippen LogP contribution < -0.4 is 10.1 Å². The SMILES string of the molecule is Cc1cc(C(C)N2Cc3c(ccnc3CC(=O)NCCO)C2=O)nnc1OCC(F)(F)F. The Kier molecular flexibility index (Phi) is 6.92. The van der Waals surface area contributed by atoms with Crippen molar-refractivity contribution in [2.75, 3.05) is 19.8 Å². The van der Waals surface area contributed by atoms with Gasteiger partial charge in [-0.1, -0.05) is 0 Å². The molecule has 3 rings (SSSR count). The molecule has 1 aliphatic heterocycles. The number of aliphatic hydroxyl groups is 1. The number of aliphatic hydroxyl groups excluding tert-OH is 1. The van der Waals surface area contributed by atoms with E-state index in [-0.39, 0.29) is 43.8 Å². The van der Waals surface area contributed by atoms with E-state index in [2.05, 4.69) is 25.2 Å². The smallest absolute Gasteiger partial charge is 0.422 e. The normalized spacial score (nSPS) is 14.3. The van der Waals surface area contributed by atoms with E-state index in [4.69, 9.17) is 5.11 Å². The van der Waals surface area contributed by atoms with E-state index in [1.165, 1.54) is 17.2 Å². The Bertz CT molecular complexity index is 1020. The summed E-state index contributed by atoms with van der Waals surface area (Å²) in [6, 6.07) is 2.57. The predicted octanol–water partition coefficient (Wildman–Crippen LogP) is 1.49. The minimum absolute atomic E-state index is 0.0389. The number of amides is 2. The first-order valence-electron chi connectivity index (χ1n) is 9.79. The number of nitrogens with zero attached hydrogens (tertiary/aromatic N) is 4. The largest absolute Gasteiger partial charge is 0.467 e. The number of halogens is 3. The molecule has 172 valence electrons. The van der Waals surface area contributed by atoms with Crippen molar-refractivity contribution in [2.45, 2.75) is 39.0 Å². The van der Waals surface area contributed by atoms with Crippen LogP contribution in [0.15, 0.2) is 18.3 Å². The van der Waals surface area contributed by atoms with Gasteiger partial charge in [0.05, 0.1) is 30.5 Å². The van der Waals surface area contributed by atoms with Gasteiger partial charge in [-0.05, 0) is 26.0 Å². The Balaban J connectivity index is 1.76.